The van der Waals surface area contributed by atoms with Gasteiger partial charge in [-0.1, -0.05) is 6.58 Å². The Labute approximate surface area is 102 Å². The lowest BCUT2D eigenvalue weighted by atomic mass is 9.94. The van der Waals surface area contributed by atoms with Gasteiger partial charge in [0.15, 0.2) is 0 Å². The minimum Gasteiger partial charge on any atom is -0.456 e. The van der Waals surface area contributed by atoms with Crippen LogP contribution < -0.4 is 0 Å². The Bertz CT molecular complexity index is 289. The topological polar surface area (TPSA) is 44.8 Å². The van der Waals surface area contributed by atoms with E-state index in [9.17, 15) is 4.79 Å². The van der Waals surface area contributed by atoms with Gasteiger partial charge in [-0.2, -0.15) is 0 Å². The molecule has 2 heterocycles. The van der Waals surface area contributed by atoms with Crippen molar-refractivity contribution in [1.29, 1.82) is 0 Å². The molecule has 0 N–H and O–H groups in total. The first-order valence-corrected chi connectivity index (χ1v) is 6.27. The van der Waals surface area contributed by atoms with Gasteiger partial charge >= 0.3 is 5.97 Å². The fourth-order valence-corrected chi connectivity index (χ4v) is 2.57. The van der Waals surface area contributed by atoms with E-state index in [1.807, 2.05) is 0 Å². The third kappa shape index (κ3) is 3.07. The summed E-state index contributed by atoms with van der Waals surface area (Å²) in [7, 11) is 0. The third-order valence-electron chi connectivity index (χ3n) is 3.37. The van der Waals surface area contributed by atoms with E-state index in [1.165, 1.54) is 6.92 Å². The van der Waals surface area contributed by atoms with Crippen molar-refractivity contribution in [3.05, 3.63) is 12.7 Å². The zero-order valence-electron chi connectivity index (χ0n) is 10.3. The van der Waals surface area contributed by atoms with Crippen LogP contribution in [0.5, 0.6) is 0 Å². The maximum absolute atomic E-state index is 11.0. The zero-order chi connectivity index (χ0) is 12.3. The van der Waals surface area contributed by atoms with Crippen molar-refractivity contribution in [2.24, 2.45) is 0 Å². The van der Waals surface area contributed by atoms with Crippen LogP contribution in [0.3, 0.4) is 0 Å². The SMILES string of the molecule is C=C[C@H](OC(C)=O)[C@@H]1CC[C@@H]2OCCC[C@H]2O1. The molecule has 2 fully saturated rings. The molecule has 17 heavy (non-hydrogen) atoms. The minimum absolute atomic E-state index is 0.0700. The predicted molar refractivity (Wildman–Crippen MR) is 62.6 cm³/mol. The minimum atomic E-state index is -0.338. The van der Waals surface area contributed by atoms with Crippen LogP contribution >= 0.6 is 0 Å². The molecule has 0 aromatic carbocycles. The first kappa shape index (κ1) is 12.6. The highest BCUT2D eigenvalue weighted by Gasteiger charge is 2.37. The molecule has 0 aromatic rings. The average molecular weight is 240 g/mol. The molecular weight excluding hydrogens is 220 g/mol. The van der Waals surface area contributed by atoms with Gasteiger partial charge in [-0.25, -0.2) is 0 Å². The molecule has 0 spiro atoms. The second kappa shape index (κ2) is 5.65. The van der Waals surface area contributed by atoms with Gasteiger partial charge in [0.05, 0.1) is 18.3 Å². The number of fused-ring (bicyclic) bond motifs is 1. The molecule has 0 aliphatic carbocycles. The first-order valence-electron chi connectivity index (χ1n) is 6.27. The summed E-state index contributed by atoms with van der Waals surface area (Å²) in [6.45, 7) is 5.95. The van der Waals surface area contributed by atoms with E-state index >= 15 is 0 Å². The van der Waals surface area contributed by atoms with Gasteiger partial charge in [-0.05, 0) is 31.8 Å². The summed E-state index contributed by atoms with van der Waals surface area (Å²) in [5.41, 5.74) is 0. The van der Waals surface area contributed by atoms with Gasteiger partial charge < -0.3 is 14.2 Å². The van der Waals surface area contributed by atoms with Crippen molar-refractivity contribution in [3.63, 3.8) is 0 Å². The molecule has 0 radical (unpaired) electrons. The Kier molecular flexibility index (Phi) is 4.18. The number of carbonyl (C=O) groups is 1. The van der Waals surface area contributed by atoms with Crippen molar-refractivity contribution in [3.8, 4) is 0 Å². The monoisotopic (exact) mass is 240 g/mol. The molecule has 2 aliphatic heterocycles. The fraction of sp³-hybridized carbons (Fsp3) is 0.769. The summed E-state index contributed by atoms with van der Waals surface area (Å²) in [6.07, 6.45) is 5.52. The summed E-state index contributed by atoms with van der Waals surface area (Å²) in [5, 5.41) is 0. The van der Waals surface area contributed by atoms with E-state index in [0.29, 0.717) is 0 Å². The van der Waals surface area contributed by atoms with E-state index in [-0.39, 0.29) is 30.4 Å². The molecular formula is C13H20O4. The normalized spacial score (nSPS) is 34.5. The van der Waals surface area contributed by atoms with Crippen molar-refractivity contribution in [2.75, 3.05) is 6.61 Å². The molecule has 0 aromatic heterocycles. The van der Waals surface area contributed by atoms with Crippen LogP contribution in [-0.2, 0) is 19.0 Å². The molecule has 0 amide bonds. The molecule has 0 saturated carbocycles. The van der Waals surface area contributed by atoms with Crippen LogP contribution in [0.1, 0.15) is 32.6 Å². The van der Waals surface area contributed by atoms with Gasteiger partial charge in [0.25, 0.3) is 0 Å². The molecule has 2 saturated heterocycles. The van der Waals surface area contributed by atoms with Crippen molar-refractivity contribution >= 4 is 5.97 Å². The van der Waals surface area contributed by atoms with Gasteiger partial charge in [-0.15, -0.1) is 0 Å². The van der Waals surface area contributed by atoms with E-state index < -0.39 is 0 Å². The number of hydrogen-bond donors (Lipinski definition) is 0. The van der Waals surface area contributed by atoms with Crippen molar-refractivity contribution in [2.45, 2.75) is 57.0 Å². The standard InChI is InChI=1S/C13H20O4/c1-3-10(16-9(2)14)13-7-6-11-12(17-13)5-4-8-15-11/h3,10-13H,1,4-8H2,2H3/t10-,11-,12+,13-/m0/s1. The Morgan fingerprint density at radius 1 is 1.41 bits per heavy atom. The van der Waals surface area contributed by atoms with E-state index in [2.05, 4.69) is 6.58 Å². The summed E-state index contributed by atoms with van der Waals surface area (Å²) in [4.78, 5) is 11.0. The highest BCUT2D eigenvalue weighted by Crippen LogP contribution is 2.30. The maximum atomic E-state index is 11.0. The van der Waals surface area contributed by atoms with Crippen LogP contribution in [-0.4, -0.2) is 37.0 Å². The third-order valence-corrected chi connectivity index (χ3v) is 3.37. The number of esters is 1. The quantitative estimate of drug-likeness (QED) is 0.557. The molecule has 4 atom stereocenters. The van der Waals surface area contributed by atoms with Crippen LogP contribution in [0.4, 0.5) is 0 Å². The number of hydrogen-bond acceptors (Lipinski definition) is 4. The molecule has 4 heteroatoms. The molecule has 0 bridgehead atoms. The Morgan fingerprint density at radius 3 is 2.94 bits per heavy atom. The summed E-state index contributed by atoms with van der Waals surface area (Å²) in [6, 6.07) is 0. The lowest BCUT2D eigenvalue weighted by molar-refractivity contribution is -0.190. The number of ether oxygens (including phenoxy) is 3. The van der Waals surface area contributed by atoms with Gasteiger partial charge in [-0.3, -0.25) is 4.79 Å². The van der Waals surface area contributed by atoms with Crippen molar-refractivity contribution in [1.82, 2.24) is 0 Å². The molecule has 2 aliphatic rings. The average Bonchev–Trinajstić information content (AvgIpc) is 2.35. The zero-order valence-corrected chi connectivity index (χ0v) is 10.3. The maximum Gasteiger partial charge on any atom is 0.303 e. The first-order chi connectivity index (χ1) is 8.20. The van der Waals surface area contributed by atoms with Gasteiger partial charge in [0.2, 0.25) is 0 Å². The van der Waals surface area contributed by atoms with Crippen LogP contribution in [0, 0.1) is 0 Å². The second-order valence-electron chi connectivity index (χ2n) is 4.65. The summed E-state index contributed by atoms with van der Waals surface area (Å²) in [5.74, 6) is -0.291. The van der Waals surface area contributed by atoms with Crippen LogP contribution in [0.15, 0.2) is 12.7 Å². The molecule has 4 nitrogen and oxygen atoms in total. The van der Waals surface area contributed by atoms with E-state index in [0.717, 1.165) is 32.3 Å². The van der Waals surface area contributed by atoms with Gasteiger partial charge in [0.1, 0.15) is 6.10 Å². The predicted octanol–water partition coefficient (Wildman–Crippen LogP) is 1.83. The Morgan fingerprint density at radius 2 is 2.24 bits per heavy atom. The highest BCUT2D eigenvalue weighted by molar-refractivity contribution is 5.66. The van der Waals surface area contributed by atoms with E-state index in [1.54, 1.807) is 6.08 Å². The molecule has 96 valence electrons. The van der Waals surface area contributed by atoms with E-state index in [4.69, 9.17) is 14.2 Å². The second-order valence-corrected chi connectivity index (χ2v) is 4.65. The Hall–Kier alpha value is -0.870. The summed E-state index contributed by atoms with van der Waals surface area (Å²) >= 11 is 0. The molecule has 2 rings (SSSR count). The smallest absolute Gasteiger partial charge is 0.303 e. The van der Waals surface area contributed by atoms with Crippen LogP contribution in [0.25, 0.3) is 0 Å². The van der Waals surface area contributed by atoms with Crippen LogP contribution in [0.2, 0.25) is 0 Å². The fourth-order valence-electron chi connectivity index (χ4n) is 2.57. The van der Waals surface area contributed by atoms with Crippen molar-refractivity contribution < 1.29 is 19.0 Å². The lowest BCUT2D eigenvalue weighted by Crippen LogP contribution is -2.47. The lowest BCUT2D eigenvalue weighted by Gasteiger charge is -2.40. The number of carbonyl (C=O) groups excluding carboxylic acids is 1. The molecule has 0 unspecified atom stereocenters. The number of rotatable bonds is 3. The highest BCUT2D eigenvalue weighted by atomic mass is 16.6. The Balaban J connectivity index is 1.93. The summed E-state index contributed by atoms with van der Waals surface area (Å²) < 4.78 is 16.8. The largest absolute Gasteiger partial charge is 0.456 e. The van der Waals surface area contributed by atoms with Gasteiger partial charge in [0, 0.05) is 13.5 Å².